The summed E-state index contributed by atoms with van der Waals surface area (Å²) in [5.41, 5.74) is 7.51. The Balaban J connectivity index is 1.87. The molecule has 1 nitrogen and oxygen atoms in total. The Kier molecular flexibility index (Phi) is 6.49. The molecule has 0 radical (unpaired) electrons. The lowest BCUT2D eigenvalue weighted by Gasteiger charge is -2.26. The predicted octanol–water partition coefficient (Wildman–Crippen LogP) is 7.67. The largest absolute Gasteiger partial charge is 0.311 e. The van der Waals surface area contributed by atoms with Gasteiger partial charge in [0.1, 0.15) is 0 Å². The average Bonchev–Trinajstić information content (AvgIpc) is 2.69. The first-order valence-corrected chi connectivity index (χ1v) is 9.80. The molecule has 138 valence electrons. The van der Waals surface area contributed by atoms with E-state index in [1.165, 1.54) is 46.6 Å². The van der Waals surface area contributed by atoms with Gasteiger partial charge in [-0.05, 0) is 81.5 Å². The van der Waals surface area contributed by atoms with Crippen molar-refractivity contribution in [2.45, 2.75) is 39.5 Å². The van der Waals surface area contributed by atoms with Crippen LogP contribution in [0.25, 0.3) is 0 Å². The van der Waals surface area contributed by atoms with E-state index in [1.807, 2.05) is 6.08 Å². The average molecular weight is 356 g/mol. The van der Waals surface area contributed by atoms with E-state index < -0.39 is 0 Å². The zero-order valence-electron chi connectivity index (χ0n) is 16.5. The van der Waals surface area contributed by atoms with E-state index in [1.54, 1.807) is 0 Å². The van der Waals surface area contributed by atoms with Crippen LogP contribution >= 0.6 is 0 Å². The van der Waals surface area contributed by atoms with Crippen LogP contribution in [0.3, 0.4) is 0 Å². The number of nitrogens with zero attached hydrogens (tertiary/aromatic N) is 1. The molecule has 3 aromatic carbocycles. The molecule has 0 heterocycles. The van der Waals surface area contributed by atoms with Gasteiger partial charge in [-0.2, -0.15) is 0 Å². The van der Waals surface area contributed by atoms with Crippen LogP contribution in [0.4, 0.5) is 17.1 Å². The minimum atomic E-state index is 1.10. The molecule has 3 aromatic rings. The SMILES string of the molecule is C=CCCCCc1ccc(N(c2ccc(C)cc2)c2ccc(C)cc2)cc1. The predicted molar refractivity (Wildman–Crippen MR) is 118 cm³/mol. The molecule has 0 aliphatic heterocycles. The molecule has 0 saturated heterocycles. The first kappa shape index (κ1) is 19.0. The number of aryl methyl sites for hydroxylation is 3. The molecule has 0 N–H and O–H groups in total. The quantitative estimate of drug-likeness (QED) is 0.296. The fraction of sp³-hybridized carbons (Fsp3) is 0.231. The number of hydrogen-bond donors (Lipinski definition) is 0. The zero-order valence-corrected chi connectivity index (χ0v) is 16.5. The van der Waals surface area contributed by atoms with Gasteiger partial charge in [-0.25, -0.2) is 0 Å². The molecule has 0 bridgehead atoms. The lowest BCUT2D eigenvalue weighted by molar-refractivity contribution is 0.748. The Hall–Kier alpha value is -2.80. The van der Waals surface area contributed by atoms with Crippen LogP contribution < -0.4 is 4.90 Å². The smallest absolute Gasteiger partial charge is 0.0461 e. The molecule has 0 unspecified atom stereocenters. The maximum Gasteiger partial charge on any atom is 0.0461 e. The summed E-state index contributed by atoms with van der Waals surface area (Å²) >= 11 is 0. The lowest BCUT2D eigenvalue weighted by Crippen LogP contribution is -2.10. The van der Waals surface area contributed by atoms with E-state index in [9.17, 15) is 0 Å². The van der Waals surface area contributed by atoms with Crippen LogP contribution in [0.1, 0.15) is 36.0 Å². The summed E-state index contributed by atoms with van der Waals surface area (Å²) in [6.45, 7) is 8.05. The number of rotatable bonds is 8. The third-order valence-electron chi connectivity index (χ3n) is 4.90. The number of benzene rings is 3. The van der Waals surface area contributed by atoms with E-state index in [-0.39, 0.29) is 0 Å². The van der Waals surface area contributed by atoms with Crippen molar-refractivity contribution in [3.05, 3.63) is 102 Å². The summed E-state index contributed by atoms with van der Waals surface area (Å²) in [6.07, 6.45) is 6.66. The van der Waals surface area contributed by atoms with Gasteiger partial charge in [0.2, 0.25) is 0 Å². The van der Waals surface area contributed by atoms with Crippen LogP contribution in [-0.2, 0) is 6.42 Å². The molecule has 1 heteroatoms. The molecule has 0 amide bonds. The maximum absolute atomic E-state index is 3.80. The van der Waals surface area contributed by atoms with Gasteiger partial charge in [-0.15, -0.1) is 6.58 Å². The second-order valence-electron chi connectivity index (χ2n) is 7.21. The van der Waals surface area contributed by atoms with Gasteiger partial charge in [-0.1, -0.05) is 53.6 Å². The third-order valence-corrected chi connectivity index (χ3v) is 4.90. The summed E-state index contributed by atoms with van der Waals surface area (Å²) in [5, 5.41) is 0. The van der Waals surface area contributed by atoms with E-state index >= 15 is 0 Å². The van der Waals surface area contributed by atoms with E-state index in [0.717, 1.165) is 12.8 Å². The van der Waals surface area contributed by atoms with Crippen LogP contribution in [0.15, 0.2) is 85.5 Å². The fourth-order valence-electron chi connectivity index (χ4n) is 3.26. The third kappa shape index (κ3) is 5.10. The first-order valence-electron chi connectivity index (χ1n) is 9.80. The van der Waals surface area contributed by atoms with Crippen molar-refractivity contribution in [1.29, 1.82) is 0 Å². The molecule has 0 spiro atoms. The van der Waals surface area contributed by atoms with Gasteiger partial charge < -0.3 is 4.90 Å². The van der Waals surface area contributed by atoms with Crippen molar-refractivity contribution >= 4 is 17.1 Å². The molecule has 0 saturated carbocycles. The van der Waals surface area contributed by atoms with E-state index in [0.29, 0.717) is 0 Å². The minimum Gasteiger partial charge on any atom is -0.311 e. The molecule has 3 rings (SSSR count). The topological polar surface area (TPSA) is 3.24 Å². The summed E-state index contributed by atoms with van der Waals surface area (Å²) in [7, 11) is 0. The maximum atomic E-state index is 3.80. The van der Waals surface area contributed by atoms with Gasteiger partial charge in [0, 0.05) is 17.1 Å². The number of hydrogen-bond acceptors (Lipinski definition) is 1. The van der Waals surface area contributed by atoms with Crippen LogP contribution in [0.2, 0.25) is 0 Å². The molecule has 0 atom stereocenters. The minimum absolute atomic E-state index is 1.10. The zero-order chi connectivity index (χ0) is 19.1. The lowest BCUT2D eigenvalue weighted by atomic mass is 10.1. The van der Waals surface area contributed by atoms with Crippen molar-refractivity contribution < 1.29 is 0 Å². The highest BCUT2D eigenvalue weighted by atomic mass is 15.1. The van der Waals surface area contributed by atoms with Gasteiger partial charge >= 0.3 is 0 Å². The van der Waals surface area contributed by atoms with Crippen molar-refractivity contribution in [3.63, 3.8) is 0 Å². The van der Waals surface area contributed by atoms with Crippen molar-refractivity contribution in [2.24, 2.45) is 0 Å². The molecule has 0 aliphatic rings. The number of unbranched alkanes of at least 4 members (excludes halogenated alkanes) is 2. The highest BCUT2D eigenvalue weighted by molar-refractivity contribution is 5.76. The van der Waals surface area contributed by atoms with Gasteiger partial charge in [0.25, 0.3) is 0 Å². The molecule has 27 heavy (non-hydrogen) atoms. The van der Waals surface area contributed by atoms with Crippen LogP contribution in [-0.4, -0.2) is 0 Å². The summed E-state index contributed by atoms with van der Waals surface area (Å²) < 4.78 is 0. The molecule has 0 fully saturated rings. The van der Waals surface area contributed by atoms with Gasteiger partial charge in [-0.3, -0.25) is 0 Å². The molecular weight excluding hydrogens is 326 g/mol. The fourth-order valence-corrected chi connectivity index (χ4v) is 3.26. The van der Waals surface area contributed by atoms with Gasteiger partial charge in [0.05, 0.1) is 0 Å². The molecule has 0 aromatic heterocycles. The van der Waals surface area contributed by atoms with Gasteiger partial charge in [0.15, 0.2) is 0 Å². The molecular formula is C26H29N. The highest BCUT2D eigenvalue weighted by Crippen LogP contribution is 2.34. The summed E-state index contributed by atoms with van der Waals surface area (Å²) in [5.74, 6) is 0. The first-order chi connectivity index (χ1) is 13.2. The number of allylic oxidation sites excluding steroid dienone is 1. The highest BCUT2D eigenvalue weighted by Gasteiger charge is 2.12. The van der Waals surface area contributed by atoms with E-state index in [4.69, 9.17) is 0 Å². The second kappa shape index (κ2) is 9.23. The normalized spacial score (nSPS) is 10.6. The summed E-state index contributed by atoms with van der Waals surface area (Å²) in [4.78, 5) is 2.32. The Morgan fingerprint density at radius 1 is 0.667 bits per heavy atom. The van der Waals surface area contributed by atoms with E-state index in [2.05, 4.69) is 98.1 Å². The summed E-state index contributed by atoms with van der Waals surface area (Å²) in [6, 6.07) is 26.5. The van der Waals surface area contributed by atoms with Crippen molar-refractivity contribution in [3.8, 4) is 0 Å². The monoisotopic (exact) mass is 355 g/mol. The van der Waals surface area contributed by atoms with Crippen LogP contribution in [0.5, 0.6) is 0 Å². The Labute approximate surface area is 164 Å². The molecule has 0 aliphatic carbocycles. The van der Waals surface area contributed by atoms with Crippen molar-refractivity contribution in [2.75, 3.05) is 4.90 Å². The van der Waals surface area contributed by atoms with Crippen molar-refractivity contribution in [1.82, 2.24) is 0 Å². The standard InChI is InChI=1S/C26H29N/c1-4-5-6-7-8-23-13-19-26(20-14-23)27(24-15-9-21(2)10-16-24)25-17-11-22(3)12-18-25/h4,9-20H,1,5-8H2,2-3H3. The second-order valence-corrected chi connectivity index (χ2v) is 7.21. The van der Waals surface area contributed by atoms with Crippen LogP contribution in [0, 0.1) is 13.8 Å². The Morgan fingerprint density at radius 2 is 1.11 bits per heavy atom. The Bertz CT molecular complexity index is 797. The Morgan fingerprint density at radius 3 is 1.56 bits per heavy atom. The number of anilines is 3.